The Morgan fingerprint density at radius 2 is 1.85 bits per heavy atom. The van der Waals surface area contributed by atoms with Gasteiger partial charge >= 0.3 is 12.1 Å². The fourth-order valence-corrected chi connectivity index (χ4v) is 3.43. The highest BCUT2D eigenvalue weighted by Crippen LogP contribution is 2.35. The molecule has 7 heteroatoms. The smallest absolute Gasteiger partial charge is 0.416 e. The van der Waals surface area contributed by atoms with Gasteiger partial charge in [-0.1, -0.05) is 18.2 Å². The van der Waals surface area contributed by atoms with E-state index in [0.29, 0.717) is 22.0 Å². The number of carboxylic acids is 1. The summed E-state index contributed by atoms with van der Waals surface area (Å²) in [5.41, 5.74) is 0.993. The van der Waals surface area contributed by atoms with Gasteiger partial charge in [-0.3, -0.25) is 9.78 Å². The second-order valence-electron chi connectivity index (χ2n) is 5.72. The van der Waals surface area contributed by atoms with Crippen molar-refractivity contribution < 1.29 is 23.1 Å². The zero-order valence-corrected chi connectivity index (χ0v) is 14.4. The molecule has 0 spiro atoms. The van der Waals surface area contributed by atoms with E-state index in [0.717, 1.165) is 17.0 Å². The van der Waals surface area contributed by atoms with Gasteiger partial charge in [0, 0.05) is 16.5 Å². The third-order valence-electron chi connectivity index (χ3n) is 3.88. The van der Waals surface area contributed by atoms with Crippen molar-refractivity contribution in [2.75, 3.05) is 0 Å². The summed E-state index contributed by atoms with van der Waals surface area (Å²) >= 11 is 1.17. The van der Waals surface area contributed by atoms with Gasteiger partial charge in [-0.05, 0) is 48.4 Å². The van der Waals surface area contributed by atoms with E-state index in [2.05, 4.69) is 4.98 Å². The molecule has 0 aliphatic heterocycles. The molecule has 1 unspecified atom stereocenters. The van der Waals surface area contributed by atoms with Crippen LogP contribution in [-0.4, -0.2) is 21.3 Å². The first kappa shape index (κ1) is 18.3. The number of aliphatic carboxylic acids is 1. The fraction of sp³-hybridized carbons (Fsp3) is 0.158. The van der Waals surface area contributed by atoms with Crippen molar-refractivity contribution in [3.05, 3.63) is 60.3 Å². The van der Waals surface area contributed by atoms with E-state index < -0.39 is 23.0 Å². The number of hydrogen-bond acceptors (Lipinski definition) is 3. The molecule has 0 fully saturated rings. The zero-order chi connectivity index (χ0) is 18.9. The molecule has 0 radical (unpaired) electrons. The highest BCUT2D eigenvalue weighted by molar-refractivity contribution is 8.00. The lowest BCUT2D eigenvalue weighted by molar-refractivity contribution is -0.138. The third-order valence-corrected chi connectivity index (χ3v) is 5.04. The van der Waals surface area contributed by atoms with E-state index >= 15 is 0 Å². The summed E-state index contributed by atoms with van der Waals surface area (Å²) in [7, 11) is 0. The van der Waals surface area contributed by atoms with Gasteiger partial charge in [0.15, 0.2) is 0 Å². The highest BCUT2D eigenvalue weighted by atomic mass is 32.2. The van der Waals surface area contributed by atoms with E-state index in [1.54, 1.807) is 43.5 Å². The number of alkyl halides is 3. The van der Waals surface area contributed by atoms with Crippen molar-refractivity contribution in [1.82, 2.24) is 4.98 Å². The minimum Gasteiger partial charge on any atom is -0.480 e. The predicted octanol–water partition coefficient (Wildman–Crippen LogP) is 5.49. The van der Waals surface area contributed by atoms with E-state index in [4.69, 9.17) is 5.11 Å². The molecule has 0 bridgehead atoms. The molecule has 1 atom stereocenters. The molecule has 134 valence electrons. The Balaban J connectivity index is 2.08. The van der Waals surface area contributed by atoms with Crippen LogP contribution in [-0.2, 0) is 11.0 Å². The lowest BCUT2D eigenvalue weighted by Crippen LogP contribution is -2.11. The van der Waals surface area contributed by atoms with Crippen molar-refractivity contribution in [1.29, 1.82) is 0 Å². The number of thioether (sulfide) groups is 1. The molecule has 0 aliphatic rings. The van der Waals surface area contributed by atoms with Gasteiger partial charge in [-0.25, -0.2) is 0 Å². The molecule has 0 saturated heterocycles. The Morgan fingerprint density at radius 3 is 2.54 bits per heavy atom. The second-order valence-corrected chi connectivity index (χ2v) is 7.10. The topological polar surface area (TPSA) is 50.2 Å². The molecular weight excluding hydrogens is 363 g/mol. The molecule has 1 aromatic heterocycles. The molecule has 3 aromatic rings. The van der Waals surface area contributed by atoms with Gasteiger partial charge in [0.1, 0.15) is 5.25 Å². The van der Waals surface area contributed by atoms with Gasteiger partial charge in [0.05, 0.1) is 11.1 Å². The average Bonchev–Trinajstić information content (AvgIpc) is 2.61. The van der Waals surface area contributed by atoms with Gasteiger partial charge in [-0.2, -0.15) is 13.2 Å². The van der Waals surface area contributed by atoms with Gasteiger partial charge in [0.2, 0.25) is 0 Å². The Hall–Kier alpha value is -2.54. The number of carbonyl (C=O) groups is 1. The maximum atomic E-state index is 13.0. The number of benzene rings is 2. The van der Waals surface area contributed by atoms with Crippen LogP contribution in [0.15, 0.2) is 59.6 Å². The van der Waals surface area contributed by atoms with Crippen LogP contribution < -0.4 is 0 Å². The van der Waals surface area contributed by atoms with Crippen molar-refractivity contribution in [3.63, 3.8) is 0 Å². The summed E-state index contributed by atoms with van der Waals surface area (Å²) in [6.07, 6.45) is -2.82. The maximum Gasteiger partial charge on any atom is 0.416 e. The Bertz CT molecular complexity index is 972. The van der Waals surface area contributed by atoms with Crippen molar-refractivity contribution in [3.8, 4) is 11.1 Å². The SMILES string of the molecule is CC(Sc1ccnc2ccc(-c3cccc(C(F)(F)F)c3)cc12)C(=O)O. The van der Waals surface area contributed by atoms with E-state index in [9.17, 15) is 18.0 Å². The lowest BCUT2D eigenvalue weighted by atomic mass is 10.0. The number of pyridine rings is 1. The molecule has 0 amide bonds. The van der Waals surface area contributed by atoms with Crippen LogP contribution in [0.1, 0.15) is 12.5 Å². The Kier molecular flexibility index (Phi) is 4.91. The largest absolute Gasteiger partial charge is 0.480 e. The summed E-state index contributed by atoms with van der Waals surface area (Å²) in [6.45, 7) is 1.58. The first-order valence-corrected chi connectivity index (χ1v) is 8.59. The van der Waals surface area contributed by atoms with E-state index in [-0.39, 0.29) is 0 Å². The normalized spacial score (nSPS) is 12.9. The molecule has 26 heavy (non-hydrogen) atoms. The van der Waals surface area contributed by atoms with Crippen LogP contribution in [0.3, 0.4) is 0 Å². The summed E-state index contributed by atoms with van der Waals surface area (Å²) in [4.78, 5) is 16.1. The molecule has 3 rings (SSSR count). The second kappa shape index (κ2) is 6.99. The van der Waals surface area contributed by atoms with Crippen LogP contribution in [0.5, 0.6) is 0 Å². The maximum absolute atomic E-state index is 13.0. The molecule has 0 aliphatic carbocycles. The number of nitrogens with zero attached hydrogens (tertiary/aromatic N) is 1. The molecule has 1 heterocycles. The van der Waals surface area contributed by atoms with Crippen LogP contribution in [0.2, 0.25) is 0 Å². The molecular formula is C19H14F3NO2S. The number of hydrogen-bond donors (Lipinski definition) is 1. The highest BCUT2D eigenvalue weighted by Gasteiger charge is 2.30. The number of rotatable bonds is 4. The summed E-state index contributed by atoms with van der Waals surface area (Å²) in [6, 6.07) is 12.0. The van der Waals surface area contributed by atoms with E-state index in [1.165, 1.54) is 17.8 Å². The van der Waals surface area contributed by atoms with Crippen LogP contribution in [0, 0.1) is 0 Å². The average molecular weight is 377 g/mol. The number of fused-ring (bicyclic) bond motifs is 1. The third kappa shape index (κ3) is 3.83. The quantitative estimate of drug-likeness (QED) is 0.611. The standard InChI is InChI=1S/C19H14F3NO2S/c1-11(18(24)25)26-17-7-8-23-16-6-5-13(10-15(16)17)12-3-2-4-14(9-12)19(20,21)22/h2-11H,1H3,(H,24,25). The fourth-order valence-electron chi connectivity index (χ4n) is 2.52. The number of halogens is 3. The monoisotopic (exact) mass is 377 g/mol. The first-order valence-electron chi connectivity index (χ1n) is 7.71. The number of carboxylic acid groups (broad SMARTS) is 1. The molecule has 2 aromatic carbocycles. The Morgan fingerprint density at radius 1 is 1.12 bits per heavy atom. The van der Waals surface area contributed by atoms with Gasteiger partial charge < -0.3 is 5.11 Å². The summed E-state index contributed by atoms with van der Waals surface area (Å²) in [5.74, 6) is -0.936. The zero-order valence-electron chi connectivity index (χ0n) is 13.6. The number of aromatic nitrogens is 1. The minimum atomic E-state index is -4.41. The molecule has 3 nitrogen and oxygen atoms in total. The van der Waals surface area contributed by atoms with Crippen molar-refractivity contribution in [2.45, 2.75) is 23.2 Å². The molecule has 1 N–H and O–H groups in total. The van der Waals surface area contributed by atoms with Gasteiger partial charge in [0.25, 0.3) is 0 Å². The van der Waals surface area contributed by atoms with Crippen molar-refractivity contribution >= 4 is 28.6 Å². The van der Waals surface area contributed by atoms with Crippen molar-refractivity contribution in [2.24, 2.45) is 0 Å². The van der Waals surface area contributed by atoms with Gasteiger partial charge in [-0.15, -0.1) is 11.8 Å². The van der Waals surface area contributed by atoms with Crippen LogP contribution >= 0.6 is 11.8 Å². The van der Waals surface area contributed by atoms with E-state index in [1.807, 2.05) is 0 Å². The predicted molar refractivity (Wildman–Crippen MR) is 95.1 cm³/mol. The minimum absolute atomic E-state index is 0.438. The molecule has 0 saturated carbocycles. The summed E-state index contributed by atoms with van der Waals surface area (Å²) in [5, 5.41) is 9.17. The first-order chi connectivity index (χ1) is 12.3. The lowest BCUT2D eigenvalue weighted by Gasteiger charge is -2.12. The van der Waals surface area contributed by atoms with Crippen LogP contribution in [0.4, 0.5) is 13.2 Å². The Labute approximate surface area is 151 Å². The summed E-state index contributed by atoms with van der Waals surface area (Å²) < 4.78 is 38.9. The van der Waals surface area contributed by atoms with Crippen LogP contribution in [0.25, 0.3) is 22.0 Å².